The zero-order valence-corrected chi connectivity index (χ0v) is 16.2. The van der Waals surface area contributed by atoms with Crippen LogP contribution in [-0.4, -0.2) is 27.2 Å². The third kappa shape index (κ3) is 4.49. The molecule has 0 spiro atoms. The average Bonchev–Trinajstić information content (AvgIpc) is 3.39. The molecule has 2 aromatic heterocycles. The van der Waals surface area contributed by atoms with Crippen LogP contribution >= 0.6 is 11.8 Å². The molecular formula is C21H18N4O3S. The van der Waals surface area contributed by atoms with Gasteiger partial charge < -0.3 is 9.73 Å². The summed E-state index contributed by atoms with van der Waals surface area (Å²) in [6.45, 7) is 0.211. The normalized spacial score (nSPS) is 10.8. The molecule has 0 fully saturated rings. The van der Waals surface area contributed by atoms with E-state index >= 15 is 0 Å². The van der Waals surface area contributed by atoms with Crippen LogP contribution in [0.15, 0.2) is 82.6 Å². The Morgan fingerprint density at radius 1 is 1.00 bits per heavy atom. The standard InChI is InChI=1S/C21H18N4O3S/c26-19(24-20(27)22-13-16-9-6-12-28-16)14-29-21-23-17-10-4-5-11-18(17)25(21)15-7-2-1-3-8-15/h1-12H,13-14H2,(H2,22,24,26,27). The number of benzene rings is 2. The minimum atomic E-state index is -0.566. The third-order valence-corrected chi connectivity index (χ3v) is 5.07. The second-order valence-electron chi connectivity index (χ2n) is 6.15. The molecular weight excluding hydrogens is 388 g/mol. The topological polar surface area (TPSA) is 89.2 Å². The fourth-order valence-electron chi connectivity index (χ4n) is 2.84. The number of imide groups is 1. The predicted molar refractivity (Wildman–Crippen MR) is 111 cm³/mol. The van der Waals surface area contributed by atoms with Gasteiger partial charge in [0.15, 0.2) is 5.16 Å². The zero-order valence-electron chi connectivity index (χ0n) is 15.4. The lowest BCUT2D eigenvalue weighted by molar-refractivity contribution is -0.117. The van der Waals surface area contributed by atoms with Gasteiger partial charge in [-0.3, -0.25) is 14.7 Å². The van der Waals surface area contributed by atoms with Crippen LogP contribution in [0.3, 0.4) is 0 Å². The van der Waals surface area contributed by atoms with Crippen LogP contribution in [0.5, 0.6) is 0 Å². The Morgan fingerprint density at radius 2 is 1.79 bits per heavy atom. The second-order valence-corrected chi connectivity index (χ2v) is 7.10. The largest absolute Gasteiger partial charge is 0.467 e. The van der Waals surface area contributed by atoms with Crippen molar-refractivity contribution in [3.8, 4) is 5.69 Å². The van der Waals surface area contributed by atoms with Crippen LogP contribution in [0.2, 0.25) is 0 Å². The predicted octanol–water partition coefficient (Wildman–Crippen LogP) is 3.74. The maximum atomic E-state index is 12.2. The molecule has 2 N–H and O–H groups in total. The quantitative estimate of drug-likeness (QED) is 0.476. The molecule has 2 aromatic carbocycles. The van der Waals surface area contributed by atoms with Crippen LogP contribution in [0.1, 0.15) is 5.76 Å². The van der Waals surface area contributed by atoms with E-state index in [1.807, 2.05) is 59.2 Å². The lowest BCUT2D eigenvalue weighted by Crippen LogP contribution is -2.39. The van der Waals surface area contributed by atoms with Crippen molar-refractivity contribution in [2.45, 2.75) is 11.7 Å². The molecule has 0 saturated heterocycles. The summed E-state index contributed by atoms with van der Waals surface area (Å²) in [5.41, 5.74) is 2.76. The fourth-order valence-corrected chi connectivity index (χ4v) is 3.67. The summed E-state index contributed by atoms with van der Waals surface area (Å²) < 4.78 is 7.14. The van der Waals surface area contributed by atoms with Crippen LogP contribution in [-0.2, 0) is 11.3 Å². The van der Waals surface area contributed by atoms with Gasteiger partial charge in [0.05, 0.1) is 29.6 Å². The van der Waals surface area contributed by atoms with Crippen molar-refractivity contribution in [3.63, 3.8) is 0 Å². The Labute approximate surface area is 171 Å². The Bertz CT molecular complexity index is 1120. The number of para-hydroxylation sites is 3. The van der Waals surface area contributed by atoms with Crippen molar-refractivity contribution in [1.29, 1.82) is 0 Å². The average molecular weight is 406 g/mol. The summed E-state index contributed by atoms with van der Waals surface area (Å²) in [6, 6.07) is 20.5. The van der Waals surface area contributed by atoms with Crippen molar-refractivity contribution in [2.24, 2.45) is 0 Å². The first kappa shape index (κ1) is 18.8. The molecule has 8 heteroatoms. The van der Waals surface area contributed by atoms with E-state index in [-0.39, 0.29) is 12.3 Å². The number of aromatic nitrogens is 2. The second kappa shape index (κ2) is 8.66. The van der Waals surface area contributed by atoms with Gasteiger partial charge in [0.2, 0.25) is 5.91 Å². The number of carbonyl (C=O) groups is 2. The van der Waals surface area contributed by atoms with Crippen molar-refractivity contribution in [2.75, 3.05) is 5.75 Å². The van der Waals surface area contributed by atoms with E-state index in [1.54, 1.807) is 12.1 Å². The lowest BCUT2D eigenvalue weighted by Gasteiger charge is -2.09. The van der Waals surface area contributed by atoms with Gasteiger partial charge >= 0.3 is 6.03 Å². The maximum absolute atomic E-state index is 12.2. The Morgan fingerprint density at radius 3 is 2.59 bits per heavy atom. The Balaban J connectivity index is 1.43. The molecule has 0 radical (unpaired) electrons. The molecule has 7 nitrogen and oxygen atoms in total. The molecule has 146 valence electrons. The third-order valence-electron chi connectivity index (χ3n) is 4.13. The number of amides is 3. The van der Waals surface area contributed by atoms with Crippen LogP contribution in [0, 0.1) is 0 Å². The summed E-state index contributed by atoms with van der Waals surface area (Å²) in [5.74, 6) is 0.266. The number of nitrogens with zero attached hydrogens (tertiary/aromatic N) is 2. The van der Waals surface area contributed by atoms with E-state index in [4.69, 9.17) is 4.42 Å². The molecule has 3 amide bonds. The van der Waals surface area contributed by atoms with Crippen LogP contribution < -0.4 is 10.6 Å². The van der Waals surface area contributed by atoms with E-state index in [2.05, 4.69) is 15.6 Å². The molecule has 0 aliphatic carbocycles. The number of nitrogens with one attached hydrogen (secondary N) is 2. The number of rotatable bonds is 6. The van der Waals surface area contributed by atoms with Gasteiger partial charge in [0.1, 0.15) is 5.76 Å². The molecule has 0 atom stereocenters. The number of fused-ring (bicyclic) bond motifs is 1. The minimum Gasteiger partial charge on any atom is -0.467 e. The van der Waals surface area contributed by atoms with Crippen molar-refractivity contribution in [1.82, 2.24) is 20.2 Å². The Kier molecular flexibility index (Phi) is 5.62. The molecule has 0 unspecified atom stereocenters. The van der Waals surface area contributed by atoms with Gasteiger partial charge in [-0.25, -0.2) is 9.78 Å². The van der Waals surface area contributed by atoms with Gasteiger partial charge in [0, 0.05) is 5.69 Å². The van der Waals surface area contributed by atoms with Crippen molar-refractivity contribution < 1.29 is 14.0 Å². The number of furan rings is 1. The summed E-state index contributed by atoms with van der Waals surface area (Å²) in [7, 11) is 0. The highest BCUT2D eigenvalue weighted by atomic mass is 32.2. The first-order valence-corrected chi connectivity index (χ1v) is 9.95. The molecule has 2 heterocycles. The van der Waals surface area contributed by atoms with E-state index in [0.717, 1.165) is 16.7 Å². The number of hydrogen-bond donors (Lipinski definition) is 2. The lowest BCUT2D eigenvalue weighted by atomic mass is 10.3. The van der Waals surface area contributed by atoms with Gasteiger partial charge in [0.25, 0.3) is 0 Å². The van der Waals surface area contributed by atoms with E-state index in [0.29, 0.717) is 10.9 Å². The number of imidazole rings is 1. The highest BCUT2D eigenvalue weighted by Gasteiger charge is 2.15. The van der Waals surface area contributed by atoms with E-state index in [1.165, 1.54) is 18.0 Å². The van der Waals surface area contributed by atoms with Crippen LogP contribution in [0.4, 0.5) is 4.79 Å². The van der Waals surface area contributed by atoms with Gasteiger partial charge in [-0.05, 0) is 36.4 Å². The van der Waals surface area contributed by atoms with Gasteiger partial charge in [-0.1, -0.05) is 42.1 Å². The highest BCUT2D eigenvalue weighted by Crippen LogP contribution is 2.27. The van der Waals surface area contributed by atoms with Crippen molar-refractivity contribution >= 4 is 34.7 Å². The fraction of sp³-hybridized carbons (Fsp3) is 0.0952. The van der Waals surface area contributed by atoms with Crippen molar-refractivity contribution in [3.05, 3.63) is 78.8 Å². The van der Waals surface area contributed by atoms with E-state index < -0.39 is 11.9 Å². The number of hydrogen-bond acceptors (Lipinski definition) is 5. The smallest absolute Gasteiger partial charge is 0.321 e. The van der Waals surface area contributed by atoms with Gasteiger partial charge in [-0.15, -0.1) is 0 Å². The number of thioether (sulfide) groups is 1. The summed E-state index contributed by atoms with van der Waals surface area (Å²) in [4.78, 5) is 28.7. The number of urea groups is 1. The zero-order chi connectivity index (χ0) is 20.1. The molecule has 0 saturated carbocycles. The molecule has 0 aliphatic heterocycles. The van der Waals surface area contributed by atoms with Gasteiger partial charge in [-0.2, -0.15) is 0 Å². The van der Waals surface area contributed by atoms with E-state index in [9.17, 15) is 9.59 Å². The molecule has 4 aromatic rings. The first-order chi connectivity index (χ1) is 14.2. The molecule has 4 rings (SSSR count). The monoisotopic (exact) mass is 406 g/mol. The molecule has 0 bridgehead atoms. The first-order valence-electron chi connectivity index (χ1n) is 8.96. The summed E-state index contributed by atoms with van der Waals surface area (Å²) >= 11 is 1.27. The SMILES string of the molecule is O=C(CSc1nc2ccccc2n1-c1ccccc1)NC(=O)NCc1ccco1. The highest BCUT2D eigenvalue weighted by molar-refractivity contribution is 7.99. The summed E-state index contributed by atoms with van der Waals surface area (Å²) in [5, 5.41) is 5.58. The minimum absolute atomic E-state index is 0.0598. The number of carbonyl (C=O) groups excluding carboxylic acids is 2. The molecule has 0 aliphatic rings. The maximum Gasteiger partial charge on any atom is 0.321 e. The van der Waals surface area contributed by atoms with Crippen LogP contribution in [0.25, 0.3) is 16.7 Å². The summed E-state index contributed by atoms with van der Waals surface area (Å²) in [6.07, 6.45) is 1.52. The Hall–Kier alpha value is -3.52. The molecule has 29 heavy (non-hydrogen) atoms.